The molecular weight excluding hydrogens is 298 g/mol. The van der Waals surface area contributed by atoms with Crippen LogP contribution in [0.3, 0.4) is 0 Å². The van der Waals surface area contributed by atoms with E-state index in [1.807, 2.05) is 27.7 Å². The second kappa shape index (κ2) is 8.24. The average molecular weight is 327 g/mol. The summed E-state index contributed by atoms with van der Waals surface area (Å²) in [6.45, 7) is 8.39. The fourth-order valence-corrected chi connectivity index (χ4v) is 1.86. The zero-order valence-electron chi connectivity index (χ0n) is 14.5. The zero-order valence-corrected chi connectivity index (χ0v) is 14.5. The number of amides is 2. The summed E-state index contributed by atoms with van der Waals surface area (Å²) in [5.41, 5.74) is 5.04. The van der Waals surface area contributed by atoms with Crippen LogP contribution >= 0.6 is 0 Å². The maximum absolute atomic E-state index is 11.8. The number of alkyl carbamates (subject to hydrolysis) is 1. The number of nitrogens with two attached hydrogens (primary N) is 1. The van der Waals surface area contributed by atoms with Crippen LogP contribution in [0, 0.1) is 0 Å². The Morgan fingerprint density at radius 1 is 1.17 bits per heavy atom. The smallest absolute Gasteiger partial charge is 0.407 e. The van der Waals surface area contributed by atoms with Crippen LogP contribution in [0.25, 0.3) is 0 Å². The highest BCUT2D eigenvalue weighted by Crippen LogP contribution is 2.29. The Hall–Kier alpha value is -1.70. The second-order valence-corrected chi connectivity index (χ2v) is 6.99. The molecule has 0 aromatic rings. The van der Waals surface area contributed by atoms with Gasteiger partial charge in [-0.2, -0.15) is 10.2 Å². The monoisotopic (exact) mass is 327 g/mol. The maximum atomic E-state index is 11.8. The Kier molecular flexibility index (Phi) is 6.93. The Labute approximate surface area is 137 Å². The van der Waals surface area contributed by atoms with Crippen LogP contribution in [-0.4, -0.2) is 42.4 Å². The Morgan fingerprint density at radius 3 is 2.39 bits per heavy atom. The van der Waals surface area contributed by atoms with E-state index in [1.165, 1.54) is 0 Å². The topological polar surface area (TPSA) is 118 Å². The predicted molar refractivity (Wildman–Crippen MR) is 87.0 cm³/mol. The highest BCUT2D eigenvalue weighted by atomic mass is 16.6. The van der Waals surface area contributed by atoms with E-state index in [9.17, 15) is 9.59 Å². The minimum absolute atomic E-state index is 0.158. The summed E-state index contributed by atoms with van der Waals surface area (Å²) in [5.74, 6) is -0.158. The van der Waals surface area contributed by atoms with Crippen molar-refractivity contribution in [2.45, 2.75) is 70.7 Å². The number of nitrogens with zero attached hydrogens (tertiary/aromatic N) is 2. The van der Waals surface area contributed by atoms with Gasteiger partial charge in [0.1, 0.15) is 5.60 Å². The molecular formula is C15H29N5O3. The Morgan fingerprint density at radius 2 is 1.83 bits per heavy atom. The van der Waals surface area contributed by atoms with Crippen LogP contribution in [-0.2, 0) is 9.53 Å². The van der Waals surface area contributed by atoms with E-state index in [-0.39, 0.29) is 11.6 Å². The van der Waals surface area contributed by atoms with Crippen LogP contribution in [0.4, 0.5) is 4.79 Å². The van der Waals surface area contributed by atoms with Gasteiger partial charge in [0.25, 0.3) is 0 Å². The summed E-state index contributed by atoms with van der Waals surface area (Å²) in [4.78, 5) is 23.2. The van der Waals surface area contributed by atoms with Gasteiger partial charge in [-0.05, 0) is 47.0 Å². The first-order valence-corrected chi connectivity index (χ1v) is 8.05. The van der Waals surface area contributed by atoms with E-state index in [4.69, 9.17) is 10.5 Å². The van der Waals surface area contributed by atoms with Crippen molar-refractivity contribution < 1.29 is 14.3 Å². The van der Waals surface area contributed by atoms with Crippen LogP contribution < -0.4 is 16.4 Å². The number of carbonyl (C=O) groups is 2. The van der Waals surface area contributed by atoms with Crippen LogP contribution in [0.15, 0.2) is 10.2 Å². The fourth-order valence-electron chi connectivity index (χ4n) is 1.86. The summed E-state index contributed by atoms with van der Waals surface area (Å²) in [6.07, 6.45) is 2.35. The van der Waals surface area contributed by atoms with Crippen LogP contribution in [0.5, 0.6) is 0 Å². The first-order valence-electron chi connectivity index (χ1n) is 8.05. The molecule has 1 rings (SSSR count). The third-order valence-corrected chi connectivity index (χ3v) is 3.29. The molecule has 0 fully saturated rings. The molecule has 1 heterocycles. The lowest BCUT2D eigenvalue weighted by molar-refractivity contribution is -0.122. The normalized spacial score (nSPS) is 16.6. The molecule has 8 heteroatoms. The van der Waals surface area contributed by atoms with Crippen LogP contribution in [0.2, 0.25) is 0 Å². The van der Waals surface area contributed by atoms with Gasteiger partial charge in [-0.25, -0.2) is 4.79 Å². The maximum Gasteiger partial charge on any atom is 0.407 e. The molecule has 0 unspecified atom stereocenters. The minimum atomic E-state index is -0.530. The predicted octanol–water partition coefficient (Wildman–Crippen LogP) is 1.70. The molecule has 1 aliphatic rings. The van der Waals surface area contributed by atoms with E-state index in [2.05, 4.69) is 20.9 Å². The van der Waals surface area contributed by atoms with Gasteiger partial charge in [-0.15, -0.1) is 0 Å². The molecule has 0 saturated heterocycles. The van der Waals surface area contributed by atoms with E-state index >= 15 is 0 Å². The number of hydrogen-bond acceptors (Lipinski definition) is 6. The molecule has 0 aromatic carbocycles. The Balaban J connectivity index is 2.01. The van der Waals surface area contributed by atoms with E-state index < -0.39 is 17.7 Å². The lowest BCUT2D eigenvalue weighted by Gasteiger charge is -2.19. The molecule has 2 amide bonds. The van der Waals surface area contributed by atoms with Crippen LogP contribution in [0.1, 0.15) is 53.4 Å². The van der Waals surface area contributed by atoms with Gasteiger partial charge in [0.05, 0.1) is 6.04 Å². The molecule has 23 heavy (non-hydrogen) atoms. The molecule has 0 radical (unpaired) electrons. The molecule has 0 spiro atoms. The first kappa shape index (κ1) is 19.3. The third kappa shape index (κ3) is 9.12. The standard InChI is InChI=1S/C15H29N5O3/c1-14(2,3)23-13(22)18-9-6-5-7-11(16)12(21)17-10-8-15(4)19-20-15/h11H,5-10,16H2,1-4H3,(H,17,21)(H,18,22)/t11-/m0/s1. The largest absolute Gasteiger partial charge is 0.444 e. The molecule has 0 saturated carbocycles. The Bertz CT molecular complexity index is 439. The molecule has 1 aliphatic heterocycles. The number of nitrogens with one attached hydrogen (secondary N) is 2. The molecule has 1 atom stereocenters. The number of ether oxygens (including phenoxy) is 1. The van der Waals surface area contributed by atoms with E-state index in [1.54, 1.807) is 0 Å². The van der Waals surface area contributed by atoms with Gasteiger partial charge in [0.15, 0.2) is 5.66 Å². The number of hydrogen-bond donors (Lipinski definition) is 3. The van der Waals surface area contributed by atoms with Crippen molar-refractivity contribution in [2.24, 2.45) is 16.0 Å². The third-order valence-electron chi connectivity index (χ3n) is 3.29. The van der Waals surface area contributed by atoms with Crippen molar-refractivity contribution in [3.05, 3.63) is 0 Å². The summed E-state index contributed by atoms with van der Waals surface area (Å²) < 4.78 is 5.13. The minimum Gasteiger partial charge on any atom is -0.444 e. The SMILES string of the molecule is CC1(CCNC(=O)[C@@H](N)CCCCNC(=O)OC(C)(C)C)N=N1. The summed E-state index contributed by atoms with van der Waals surface area (Å²) >= 11 is 0. The second-order valence-electron chi connectivity index (χ2n) is 6.99. The van der Waals surface area contributed by atoms with Gasteiger partial charge in [0, 0.05) is 19.5 Å². The quantitative estimate of drug-likeness (QED) is 0.558. The van der Waals surface area contributed by atoms with Gasteiger partial charge in [-0.1, -0.05) is 0 Å². The molecule has 0 bridgehead atoms. The molecule has 0 aliphatic carbocycles. The molecule has 4 N–H and O–H groups in total. The van der Waals surface area contributed by atoms with Crippen molar-refractivity contribution in [2.75, 3.05) is 13.1 Å². The molecule has 8 nitrogen and oxygen atoms in total. The highest BCUT2D eigenvalue weighted by molar-refractivity contribution is 5.81. The highest BCUT2D eigenvalue weighted by Gasteiger charge is 2.33. The van der Waals surface area contributed by atoms with Crippen molar-refractivity contribution in [1.82, 2.24) is 10.6 Å². The number of unbranched alkanes of at least 4 members (excludes halogenated alkanes) is 1. The van der Waals surface area contributed by atoms with Gasteiger partial charge in [-0.3, -0.25) is 4.79 Å². The van der Waals surface area contributed by atoms with Gasteiger partial charge < -0.3 is 21.1 Å². The van der Waals surface area contributed by atoms with Crippen molar-refractivity contribution >= 4 is 12.0 Å². The van der Waals surface area contributed by atoms with Gasteiger partial charge >= 0.3 is 6.09 Å². The van der Waals surface area contributed by atoms with Crippen molar-refractivity contribution in [3.8, 4) is 0 Å². The van der Waals surface area contributed by atoms with E-state index in [0.717, 1.165) is 12.8 Å². The summed E-state index contributed by atoms with van der Waals surface area (Å²) in [7, 11) is 0. The number of rotatable bonds is 9. The lowest BCUT2D eigenvalue weighted by atomic mass is 10.1. The summed E-state index contributed by atoms with van der Waals surface area (Å²) in [5, 5.41) is 13.2. The van der Waals surface area contributed by atoms with Gasteiger partial charge in [0.2, 0.25) is 5.91 Å². The average Bonchev–Trinajstić information content (AvgIpc) is 3.13. The molecule has 0 aromatic heterocycles. The first-order chi connectivity index (χ1) is 10.6. The summed E-state index contributed by atoms with van der Waals surface area (Å²) in [6, 6.07) is -0.530. The van der Waals surface area contributed by atoms with Crippen molar-refractivity contribution in [1.29, 1.82) is 0 Å². The van der Waals surface area contributed by atoms with Crippen molar-refractivity contribution in [3.63, 3.8) is 0 Å². The van der Waals surface area contributed by atoms with E-state index in [0.29, 0.717) is 25.9 Å². The lowest BCUT2D eigenvalue weighted by Crippen LogP contribution is -2.41. The molecule has 132 valence electrons. The zero-order chi connectivity index (χ0) is 17.5. The fraction of sp³-hybridized carbons (Fsp3) is 0.867. The number of carbonyl (C=O) groups excluding carboxylic acids is 2.